The third-order valence-electron chi connectivity index (χ3n) is 5.03. The highest BCUT2D eigenvalue weighted by molar-refractivity contribution is 6.13. The van der Waals surface area contributed by atoms with E-state index in [0.717, 1.165) is 22.9 Å². The quantitative estimate of drug-likeness (QED) is 0.506. The van der Waals surface area contributed by atoms with Crippen molar-refractivity contribution < 1.29 is 20.1 Å². The molecule has 2 unspecified atom stereocenters. The Morgan fingerprint density at radius 3 is 2.56 bits per heavy atom. The Hall–Kier alpha value is -2.50. The molecular weight excluding hydrogens is 342 g/mol. The molecule has 144 valence electrons. The summed E-state index contributed by atoms with van der Waals surface area (Å²) in [6, 6.07) is 6.06. The third kappa shape index (κ3) is 3.29. The molecule has 2 aromatic carbocycles. The lowest BCUT2D eigenvalue weighted by Crippen LogP contribution is -2.16. The molecule has 0 spiro atoms. The summed E-state index contributed by atoms with van der Waals surface area (Å²) < 4.78 is 5.42. The number of rotatable bonds is 5. The van der Waals surface area contributed by atoms with Gasteiger partial charge in [-0.25, -0.2) is 0 Å². The van der Waals surface area contributed by atoms with Gasteiger partial charge >= 0.3 is 0 Å². The number of aliphatic hydroxyl groups is 2. The Labute approximate surface area is 158 Å². The van der Waals surface area contributed by atoms with Gasteiger partial charge in [0.1, 0.15) is 6.10 Å². The van der Waals surface area contributed by atoms with E-state index in [1.165, 1.54) is 19.6 Å². The summed E-state index contributed by atoms with van der Waals surface area (Å²) in [5, 5.41) is 32.9. The molecule has 0 aliphatic carbocycles. The largest absolute Gasteiger partial charge is 0.504 e. The highest BCUT2D eigenvalue weighted by Gasteiger charge is 2.27. The number of aromatic nitrogens is 1. The first-order valence-corrected chi connectivity index (χ1v) is 9.09. The fourth-order valence-corrected chi connectivity index (χ4v) is 3.60. The van der Waals surface area contributed by atoms with Crippen molar-refractivity contribution in [2.24, 2.45) is 0 Å². The predicted molar refractivity (Wildman–Crippen MR) is 109 cm³/mol. The van der Waals surface area contributed by atoms with Crippen LogP contribution in [0.4, 0.5) is 0 Å². The van der Waals surface area contributed by atoms with Crippen LogP contribution in [0.2, 0.25) is 0 Å². The molecule has 5 heteroatoms. The molecule has 2 atom stereocenters. The summed E-state index contributed by atoms with van der Waals surface area (Å²) >= 11 is 0. The number of methoxy groups -OCH3 is 1. The summed E-state index contributed by atoms with van der Waals surface area (Å²) in [6.45, 7) is 7.43. The van der Waals surface area contributed by atoms with Gasteiger partial charge in [-0.05, 0) is 51.8 Å². The van der Waals surface area contributed by atoms with E-state index in [2.05, 4.69) is 24.9 Å². The van der Waals surface area contributed by atoms with Crippen molar-refractivity contribution in [2.75, 3.05) is 7.11 Å². The summed E-state index contributed by atoms with van der Waals surface area (Å²) in [7, 11) is 1.49. The van der Waals surface area contributed by atoms with Crippen LogP contribution in [0.1, 0.15) is 43.6 Å². The molecule has 5 nitrogen and oxygen atoms in total. The maximum Gasteiger partial charge on any atom is 0.168 e. The minimum Gasteiger partial charge on any atom is -0.504 e. The molecule has 0 aliphatic rings. The van der Waals surface area contributed by atoms with Gasteiger partial charge < -0.3 is 25.0 Å². The Morgan fingerprint density at radius 2 is 1.96 bits per heavy atom. The molecular formula is C22H27NO4. The van der Waals surface area contributed by atoms with Crippen LogP contribution in [-0.4, -0.2) is 33.5 Å². The normalized spacial score (nSPS) is 13.7. The first kappa shape index (κ1) is 19.3. The van der Waals surface area contributed by atoms with Gasteiger partial charge in [-0.3, -0.25) is 0 Å². The van der Waals surface area contributed by atoms with Crippen molar-refractivity contribution in [3.63, 3.8) is 0 Å². The molecule has 1 aromatic heterocycles. The molecule has 0 aliphatic heterocycles. The molecule has 0 saturated carbocycles. The zero-order valence-corrected chi connectivity index (χ0v) is 16.4. The number of aromatic amines is 1. The first-order valence-electron chi connectivity index (χ1n) is 9.09. The number of allylic oxidation sites excluding steroid dienone is 2. The third-order valence-corrected chi connectivity index (χ3v) is 5.03. The molecule has 0 amide bonds. The molecule has 0 radical (unpaired) electrons. The second-order valence-electron chi connectivity index (χ2n) is 7.35. The van der Waals surface area contributed by atoms with E-state index in [9.17, 15) is 15.3 Å². The molecule has 0 bridgehead atoms. The molecule has 0 fully saturated rings. The smallest absolute Gasteiger partial charge is 0.168 e. The molecule has 1 heterocycles. The van der Waals surface area contributed by atoms with Crippen LogP contribution in [0, 0.1) is 6.92 Å². The van der Waals surface area contributed by atoms with Crippen LogP contribution in [0.5, 0.6) is 11.5 Å². The molecule has 27 heavy (non-hydrogen) atoms. The van der Waals surface area contributed by atoms with Crippen molar-refractivity contribution >= 4 is 21.8 Å². The van der Waals surface area contributed by atoms with E-state index in [4.69, 9.17) is 4.74 Å². The molecule has 4 N–H and O–H groups in total. The number of phenolic OH excluding ortho intramolecular Hbond substituents is 1. The lowest BCUT2D eigenvalue weighted by molar-refractivity contribution is 0.0308. The fourth-order valence-electron chi connectivity index (χ4n) is 3.60. The van der Waals surface area contributed by atoms with E-state index in [0.29, 0.717) is 27.8 Å². The number of hydrogen-bond acceptors (Lipinski definition) is 4. The second kappa shape index (κ2) is 7.25. The number of aromatic hydroxyl groups is 1. The van der Waals surface area contributed by atoms with Crippen LogP contribution in [-0.2, 0) is 6.42 Å². The van der Waals surface area contributed by atoms with E-state index in [1.54, 1.807) is 6.92 Å². The van der Waals surface area contributed by atoms with Gasteiger partial charge in [0.25, 0.3) is 0 Å². The number of H-pyrrole nitrogens is 1. The van der Waals surface area contributed by atoms with E-state index >= 15 is 0 Å². The minimum atomic E-state index is -1.10. The van der Waals surface area contributed by atoms with Crippen molar-refractivity contribution in [2.45, 2.75) is 46.3 Å². The van der Waals surface area contributed by atoms with Crippen LogP contribution in [0.3, 0.4) is 0 Å². The summed E-state index contributed by atoms with van der Waals surface area (Å²) in [6.07, 6.45) is 0.905. The number of hydrogen-bond donors (Lipinski definition) is 4. The minimum absolute atomic E-state index is 0.0390. The Bertz CT molecular complexity index is 1030. The summed E-state index contributed by atoms with van der Waals surface area (Å²) in [5.41, 5.74) is 4.99. The number of phenols is 1. The topological polar surface area (TPSA) is 85.7 Å². The number of benzene rings is 2. The van der Waals surface area contributed by atoms with Gasteiger partial charge in [0.15, 0.2) is 11.5 Å². The zero-order chi connectivity index (χ0) is 19.9. The Kier molecular flexibility index (Phi) is 5.18. The van der Waals surface area contributed by atoms with E-state index < -0.39 is 12.2 Å². The van der Waals surface area contributed by atoms with Gasteiger partial charge in [0.2, 0.25) is 0 Å². The van der Waals surface area contributed by atoms with Crippen LogP contribution < -0.4 is 4.74 Å². The van der Waals surface area contributed by atoms with Crippen molar-refractivity contribution in [1.82, 2.24) is 4.98 Å². The lowest BCUT2D eigenvalue weighted by Gasteiger charge is -2.20. The van der Waals surface area contributed by atoms with Gasteiger partial charge in [-0.2, -0.15) is 0 Å². The summed E-state index contributed by atoms with van der Waals surface area (Å²) in [4.78, 5) is 3.31. The Balaban J connectivity index is 2.37. The number of fused-ring (bicyclic) bond motifs is 3. The Morgan fingerprint density at radius 1 is 1.26 bits per heavy atom. The van der Waals surface area contributed by atoms with Gasteiger partial charge in [-0.15, -0.1) is 0 Å². The van der Waals surface area contributed by atoms with Crippen molar-refractivity contribution in [3.8, 4) is 11.5 Å². The molecule has 0 saturated heterocycles. The number of ether oxygens (including phenoxy) is 1. The second-order valence-corrected chi connectivity index (χ2v) is 7.35. The highest BCUT2D eigenvalue weighted by atomic mass is 16.5. The summed E-state index contributed by atoms with van der Waals surface area (Å²) in [5.74, 6) is 0.352. The van der Waals surface area contributed by atoms with Gasteiger partial charge in [0.05, 0.1) is 24.1 Å². The molecule has 3 rings (SSSR count). The van der Waals surface area contributed by atoms with Crippen molar-refractivity contribution in [3.05, 3.63) is 46.5 Å². The van der Waals surface area contributed by atoms with Crippen molar-refractivity contribution in [1.29, 1.82) is 0 Å². The monoisotopic (exact) mass is 369 g/mol. The predicted octanol–water partition coefficient (Wildman–Crippen LogP) is 4.27. The maximum atomic E-state index is 10.9. The fraction of sp³-hybridized carbons (Fsp3) is 0.364. The van der Waals surface area contributed by atoms with Crippen LogP contribution >= 0.6 is 0 Å². The average molecular weight is 369 g/mol. The van der Waals surface area contributed by atoms with Crippen LogP contribution in [0.15, 0.2) is 29.8 Å². The van der Waals surface area contributed by atoms with Crippen LogP contribution in [0.25, 0.3) is 21.8 Å². The average Bonchev–Trinajstić information content (AvgIpc) is 2.98. The zero-order valence-electron chi connectivity index (χ0n) is 16.4. The van der Waals surface area contributed by atoms with E-state index in [-0.39, 0.29) is 5.75 Å². The van der Waals surface area contributed by atoms with Gasteiger partial charge in [0, 0.05) is 22.0 Å². The van der Waals surface area contributed by atoms with Gasteiger partial charge in [-0.1, -0.05) is 17.7 Å². The SMILES string of the molecule is COc1c(C)c(C(O)C(C)O)c2[nH]c3ccc(CC=C(C)C)cc3c2c1O. The molecule has 3 aromatic rings. The number of nitrogens with one attached hydrogen (secondary N) is 1. The maximum absolute atomic E-state index is 10.9. The van der Waals surface area contributed by atoms with E-state index in [1.807, 2.05) is 18.2 Å². The standard InChI is InChI=1S/C22H27NO4/c1-11(2)6-7-14-8-9-16-15(10-14)18-19(23-16)17(20(25)13(4)24)12(3)22(27-5)21(18)26/h6,8-10,13,20,23-26H,7H2,1-5H3. The first-order chi connectivity index (χ1) is 12.8. The highest BCUT2D eigenvalue weighted by Crippen LogP contribution is 2.46. The lowest BCUT2D eigenvalue weighted by atomic mass is 9.94. The number of aliphatic hydroxyl groups excluding tert-OH is 2.